The molecule has 0 saturated carbocycles. The van der Waals surface area contributed by atoms with Gasteiger partial charge in [-0.05, 0) is 24.1 Å². The normalized spacial score (nSPS) is 11.7. The number of nitro groups is 1. The summed E-state index contributed by atoms with van der Waals surface area (Å²) >= 11 is 0. The molecule has 2 aromatic rings. The lowest BCUT2D eigenvalue weighted by atomic mass is 10.0. The molecular weight excluding hydrogens is 430 g/mol. The van der Waals surface area contributed by atoms with Gasteiger partial charge in [0.05, 0.1) is 23.7 Å². The maximum absolute atomic E-state index is 12.6. The third kappa shape index (κ3) is 6.37. The standard InChI is InChI=1S/C21H22F2N2O7/c1-12(2)18(24-19(26)13-7-5-4-6-8-13)20(27)31-11-14-9-16(30-3)17(32-21(22)23)10-15(14)25(28)29/h4-10,12,18,21H,11H2,1-3H3,(H,24,26)/t18-/m0/s1. The Hall–Kier alpha value is -3.76. The van der Waals surface area contributed by atoms with Crippen molar-refractivity contribution in [1.82, 2.24) is 5.32 Å². The fourth-order valence-electron chi connectivity index (χ4n) is 2.77. The zero-order chi connectivity index (χ0) is 23.8. The first-order chi connectivity index (χ1) is 15.1. The summed E-state index contributed by atoms with van der Waals surface area (Å²) in [6.45, 7) is -0.379. The van der Waals surface area contributed by atoms with Gasteiger partial charge in [0.15, 0.2) is 11.5 Å². The van der Waals surface area contributed by atoms with Gasteiger partial charge in [-0.15, -0.1) is 0 Å². The van der Waals surface area contributed by atoms with Gasteiger partial charge in [-0.1, -0.05) is 32.0 Å². The van der Waals surface area contributed by atoms with Gasteiger partial charge in [0.1, 0.15) is 12.6 Å². The molecule has 9 nitrogen and oxygen atoms in total. The van der Waals surface area contributed by atoms with Crippen LogP contribution in [0.5, 0.6) is 11.5 Å². The van der Waals surface area contributed by atoms with Crippen molar-refractivity contribution in [1.29, 1.82) is 0 Å². The smallest absolute Gasteiger partial charge is 0.387 e. The number of ether oxygens (including phenoxy) is 3. The minimum absolute atomic E-state index is 0.0984. The summed E-state index contributed by atoms with van der Waals surface area (Å²) in [4.78, 5) is 35.6. The van der Waals surface area contributed by atoms with Gasteiger partial charge in [0, 0.05) is 5.56 Å². The van der Waals surface area contributed by atoms with Gasteiger partial charge in [-0.3, -0.25) is 14.9 Å². The second kappa shape index (κ2) is 11.0. The molecule has 0 saturated heterocycles. The lowest BCUT2D eigenvalue weighted by molar-refractivity contribution is -0.386. The molecule has 0 spiro atoms. The molecule has 1 N–H and O–H groups in total. The number of alkyl halides is 2. The zero-order valence-electron chi connectivity index (χ0n) is 17.5. The van der Waals surface area contributed by atoms with Crippen LogP contribution in [-0.2, 0) is 16.1 Å². The van der Waals surface area contributed by atoms with E-state index in [1.165, 1.54) is 7.11 Å². The SMILES string of the molecule is COc1cc(COC(=O)[C@@H](NC(=O)c2ccccc2)C(C)C)c([N+](=O)[O-])cc1OC(F)F. The van der Waals surface area contributed by atoms with Crippen molar-refractivity contribution in [3.05, 3.63) is 63.7 Å². The second-order valence-corrected chi connectivity index (χ2v) is 6.94. The Bertz CT molecular complexity index is 968. The fraction of sp³-hybridized carbons (Fsp3) is 0.333. The van der Waals surface area contributed by atoms with E-state index < -0.39 is 47.5 Å². The van der Waals surface area contributed by atoms with Gasteiger partial charge in [-0.25, -0.2) is 4.79 Å². The summed E-state index contributed by atoms with van der Waals surface area (Å²) < 4.78 is 39.5. The van der Waals surface area contributed by atoms with Crippen molar-refractivity contribution >= 4 is 17.6 Å². The van der Waals surface area contributed by atoms with Crippen molar-refractivity contribution in [3.63, 3.8) is 0 Å². The molecule has 2 aromatic carbocycles. The molecule has 2 rings (SSSR count). The van der Waals surface area contributed by atoms with Gasteiger partial charge < -0.3 is 19.5 Å². The van der Waals surface area contributed by atoms with Crippen LogP contribution in [0.3, 0.4) is 0 Å². The molecule has 1 atom stereocenters. The van der Waals surface area contributed by atoms with E-state index >= 15 is 0 Å². The number of benzene rings is 2. The van der Waals surface area contributed by atoms with Crippen molar-refractivity contribution in [2.45, 2.75) is 33.1 Å². The fourth-order valence-corrected chi connectivity index (χ4v) is 2.77. The third-order valence-electron chi connectivity index (χ3n) is 4.39. The first-order valence-electron chi connectivity index (χ1n) is 9.46. The van der Waals surface area contributed by atoms with Crippen molar-refractivity contribution in [2.24, 2.45) is 5.92 Å². The van der Waals surface area contributed by atoms with Crippen LogP contribution in [0.1, 0.15) is 29.8 Å². The Morgan fingerprint density at radius 2 is 1.78 bits per heavy atom. The molecule has 1 amide bonds. The van der Waals surface area contributed by atoms with E-state index in [4.69, 9.17) is 9.47 Å². The van der Waals surface area contributed by atoms with E-state index in [0.29, 0.717) is 5.56 Å². The molecule has 11 heteroatoms. The second-order valence-electron chi connectivity index (χ2n) is 6.94. The number of carbonyl (C=O) groups excluding carboxylic acids is 2. The lowest BCUT2D eigenvalue weighted by Crippen LogP contribution is -2.45. The molecule has 172 valence electrons. The topological polar surface area (TPSA) is 117 Å². The van der Waals surface area contributed by atoms with Crippen LogP contribution in [0.2, 0.25) is 0 Å². The van der Waals surface area contributed by atoms with E-state index in [0.717, 1.165) is 12.1 Å². The Labute approximate surface area is 182 Å². The largest absolute Gasteiger partial charge is 0.493 e. The molecule has 0 aliphatic carbocycles. The number of carbonyl (C=O) groups is 2. The predicted octanol–water partition coefficient (Wildman–Crippen LogP) is 3.70. The molecule has 0 bridgehead atoms. The van der Waals surface area contributed by atoms with Crippen molar-refractivity contribution in [2.75, 3.05) is 7.11 Å². The molecule has 0 heterocycles. The van der Waals surface area contributed by atoms with E-state index in [1.807, 2.05) is 0 Å². The lowest BCUT2D eigenvalue weighted by Gasteiger charge is -2.21. The molecule has 0 aliphatic heterocycles. The number of nitrogens with zero attached hydrogens (tertiary/aromatic N) is 1. The number of amides is 1. The molecule has 0 radical (unpaired) electrons. The van der Waals surface area contributed by atoms with E-state index in [-0.39, 0.29) is 17.2 Å². The highest BCUT2D eigenvalue weighted by Gasteiger charge is 2.28. The third-order valence-corrected chi connectivity index (χ3v) is 4.39. The average molecular weight is 452 g/mol. The van der Waals surface area contributed by atoms with Crippen LogP contribution >= 0.6 is 0 Å². The summed E-state index contributed by atoms with van der Waals surface area (Å²) in [6.07, 6.45) is 0. The van der Waals surface area contributed by atoms with Gasteiger partial charge in [0.25, 0.3) is 11.6 Å². The number of nitrogens with one attached hydrogen (secondary N) is 1. The highest BCUT2D eigenvalue weighted by atomic mass is 19.3. The number of nitro benzene ring substituents is 1. The first kappa shape index (κ1) is 24.5. The maximum atomic E-state index is 12.6. The quantitative estimate of drug-likeness (QED) is 0.332. The number of esters is 1. The summed E-state index contributed by atoms with van der Waals surface area (Å²) in [7, 11) is 1.17. The molecule has 0 aliphatic rings. The average Bonchev–Trinajstić information content (AvgIpc) is 2.75. The van der Waals surface area contributed by atoms with Gasteiger partial charge in [0.2, 0.25) is 0 Å². The maximum Gasteiger partial charge on any atom is 0.387 e. The van der Waals surface area contributed by atoms with Crippen LogP contribution in [0, 0.1) is 16.0 Å². The number of methoxy groups -OCH3 is 1. The molecular formula is C21H22F2N2O7. The van der Waals surface area contributed by atoms with Gasteiger partial charge >= 0.3 is 12.6 Å². The number of rotatable bonds is 10. The van der Waals surface area contributed by atoms with Crippen LogP contribution < -0.4 is 14.8 Å². The summed E-state index contributed by atoms with van der Waals surface area (Å²) in [6, 6.07) is 9.07. The van der Waals surface area contributed by atoms with Crippen LogP contribution in [-0.4, -0.2) is 36.6 Å². The number of hydrogen-bond acceptors (Lipinski definition) is 7. The van der Waals surface area contributed by atoms with Crippen LogP contribution in [0.15, 0.2) is 42.5 Å². The molecule has 0 aromatic heterocycles. The minimum Gasteiger partial charge on any atom is -0.493 e. The first-order valence-corrected chi connectivity index (χ1v) is 9.46. The summed E-state index contributed by atoms with van der Waals surface area (Å²) in [5, 5.41) is 14.0. The van der Waals surface area contributed by atoms with Crippen molar-refractivity contribution in [3.8, 4) is 11.5 Å². The number of halogens is 2. The Kier molecular flexibility index (Phi) is 8.45. The number of hydrogen-bond donors (Lipinski definition) is 1. The Morgan fingerprint density at radius 1 is 1.12 bits per heavy atom. The van der Waals surface area contributed by atoms with Crippen LogP contribution in [0.25, 0.3) is 0 Å². The molecule has 0 fully saturated rings. The van der Waals surface area contributed by atoms with Gasteiger partial charge in [-0.2, -0.15) is 8.78 Å². The molecule has 32 heavy (non-hydrogen) atoms. The predicted molar refractivity (Wildman–Crippen MR) is 109 cm³/mol. The highest BCUT2D eigenvalue weighted by Crippen LogP contribution is 2.36. The molecule has 0 unspecified atom stereocenters. The summed E-state index contributed by atoms with van der Waals surface area (Å²) in [5.41, 5.74) is -0.344. The van der Waals surface area contributed by atoms with Crippen molar-refractivity contribution < 1.29 is 37.5 Å². The highest BCUT2D eigenvalue weighted by molar-refractivity contribution is 5.96. The van der Waals surface area contributed by atoms with Crippen LogP contribution in [0.4, 0.5) is 14.5 Å². The zero-order valence-corrected chi connectivity index (χ0v) is 17.5. The van der Waals surface area contributed by atoms with E-state index in [1.54, 1.807) is 44.2 Å². The van der Waals surface area contributed by atoms with E-state index in [9.17, 15) is 28.5 Å². The minimum atomic E-state index is -3.22. The summed E-state index contributed by atoms with van der Waals surface area (Å²) in [5.74, 6) is -2.37. The van der Waals surface area contributed by atoms with E-state index in [2.05, 4.69) is 10.1 Å². The monoisotopic (exact) mass is 452 g/mol. The Morgan fingerprint density at radius 3 is 2.31 bits per heavy atom. The Balaban J connectivity index is 2.20.